The SMILES string of the molecule is [O-][S+](c1ccc(Br)cc1)C1CCNCC1. The lowest BCUT2D eigenvalue weighted by Gasteiger charge is -2.25. The molecule has 1 aromatic rings. The third kappa shape index (κ3) is 2.97. The van der Waals surface area contributed by atoms with Crippen molar-refractivity contribution in [1.29, 1.82) is 0 Å². The number of benzene rings is 1. The van der Waals surface area contributed by atoms with Crippen LogP contribution >= 0.6 is 15.9 Å². The number of nitrogens with one attached hydrogen (secondary N) is 1. The van der Waals surface area contributed by atoms with Crippen molar-refractivity contribution in [1.82, 2.24) is 5.32 Å². The molecule has 1 saturated heterocycles. The maximum atomic E-state index is 12.2. The van der Waals surface area contributed by atoms with Gasteiger partial charge in [0.15, 0.2) is 4.90 Å². The van der Waals surface area contributed by atoms with Gasteiger partial charge in [-0.05, 0) is 48.5 Å². The molecule has 15 heavy (non-hydrogen) atoms. The maximum absolute atomic E-state index is 12.2. The fraction of sp³-hybridized carbons (Fsp3) is 0.455. The third-order valence-corrected chi connectivity index (χ3v) is 4.98. The smallest absolute Gasteiger partial charge is 0.153 e. The normalized spacial score (nSPS) is 20.1. The molecule has 0 radical (unpaired) electrons. The van der Waals surface area contributed by atoms with Crippen molar-refractivity contribution >= 4 is 27.1 Å². The molecule has 0 bridgehead atoms. The first-order valence-electron chi connectivity index (χ1n) is 5.14. The second-order valence-electron chi connectivity index (χ2n) is 3.70. The third-order valence-electron chi connectivity index (χ3n) is 2.63. The monoisotopic (exact) mass is 287 g/mol. The first kappa shape index (κ1) is 11.5. The van der Waals surface area contributed by atoms with Gasteiger partial charge in [0, 0.05) is 17.3 Å². The van der Waals surface area contributed by atoms with E-state index in [0.29, 0.717) is 5.25 Å². The Morgan fingerprint density at radius 1 is 1.20 bits per heavy atom. The number of hydrogen-bond acceptors (Lipinski definition) is 2. The van der Waals surface area contributed by atoms with Gasteiger partial charge in [-0.25, -0.2) is 0 Å². The van der Waals surface area contributed by atoms with Crippen molar-refractivity contribution in [2.24, 2.45) is 0 Å². The van der Waals surface area contributed by atoms with Crippen LogP contribution in [-0.4, -0.2) is 22.9 Å². The highest BCUT2D eigenvalue weighted by Crippen LogP contribution is 2.23. The number of hydrogen-bond donors (Lipinski definition) is 1. The van der Waals surface area contributed by atoms with E-state index in [-0.39, 0.29) is 0 Å². The highest BCUT2D eigenvalue weighted by molar-refractivity contribution is 9.10. The molecule has 0 amide bonds. The van der Waals surface area contributed by atoms with Crippen molar-refractivity contribution in [2.45, 2.75) is 23.0 Å². The molecule has 1 fully saturated rings. The molecule has 4 heteroatoms. The summed E-state index contributed by atoms with van der Waals surface area (Å²) in [5.74, 6) is 0. The Morgan fingerprint density at radius 2 is 1.80 bits per heavy atom. The Labute approximate surface area is 102 Å². The van der Waals surface area contributed by atoms with Crippen molar-refractivity contribution in [3.05, 3.63) is 28.7 Å². The van der Waals surface area contributed by atoms with Crippen LogP contribution in [-0.2, 0) is 11.2 Å². The van der Waals surface area contributed by atoms with E-state index in [1.165, 1.54) is 0 Å². The van der Waals surface area contributed by atoms with Gasteiger partial charge in [-0.3, -0.25) is 0 Å². The molecule has 2 nitrogen and oxygen atoms in total. The van der Waals surface area contributed by atoms with Gasteiger partial charge >= 0.3 is 0 Å². The second-order valence-corrected chi connectivity index (χ2v) is 6.35. The Hall–Kier alpha value is -0.0300. The van der Waals surface area contributed by atoms with E-state index in [1.54, 1.807) is 0 Å². The van der Waals surface area contributed by atoms with Gasteiger partial charge < -0.3 is 9.87 Å². The lowest BCUT2D eigenvalue weighted by atomic mass is 10.2. The first-order valence-corrected chi connectivity index (χ1v) is 7.15. The number of halogens is 1. The Kier molecular flexibility index (Phi) is 4.08. The van der Waals surface area contributed by atoms with E-state index < -0.39 is 11.2 Å². The molecule has 1 aliphatic heterocycles. The predicted octanol–water partition coefficient (Wildman–Crippen LogP) is 2.31. The largest absolute Gasteiger partial charge is 0.611 e. The molecule has 1 N–H and O–H groups in total. The molecule has 1 heterocycles. The Morgan fingerprint density at radius 3 is 2.40 bits per heavy atom. The van der Waals surface area contributed by atoms with Crippen LogP contribution in [0.2, 0.25) is 0 Å². The number of rotatable bonds is 2. The molecule has 1 aliphatic rings. The second kappa shape index (κ2) is 5.34. The minimum atomic E-state index is -0.839. The summed E-state index contributed by atoms with van der Waals surface area (Å²) in [6.45, 7) is 1.99. The predicted molar refractivity (Wildman–Crippen MR) is 66.4 cm³/mol. The molecule has 1 unspecified atom stereocenters. The highest BCUT2D eigenvalue weighted by atomic mass is 79.9. The summed E-state index contributed by atoms with van der Waals surface area (Å²) in [6.07, 6.45) is 2.03. The van der Waals surface area contributed by atoms with Crippen LogP contribution in [0.5, 0.6) is 0 Å². The lowest BCUT2D eigenvalue weighted by molar-refractivity contribution is 0.496. The van der Waals surface area contributed by atoms with E-state index in [4.69, 9.17) is 0 Å². The Balaban J connectivity index is 2.05. The van der Waals surface area contributed by atoms with Crippen LogP contribution in [0.4, 0.5) is 0 Å². The number of piperidine rings is 1. The molecular weight excluding hydrogens is 274 g/mol. The van der Waals surface area contributed by atoms with E-state index in [0.717, 1.165) is 35.3 Å². The molecule has 82 valence electrons. The van der Waals surface area contributed by atoms with Gasteiger partial charge in [-0.15, -0.1) is 0 Å². The van der Waals surface area contributed by atoms with Crippen LogP contribution in [0.3, 0.4) is 0 Å². The van der Waals surface area contributed by atoms with Crippen molar-refractivity contribution < 1.29 is 4.55 Å². The van der Waals surface area contributed by atoms with E-state index in [9.17, 15) is 4.55 Å². The Bertz CT molecular complexity index is 311. The fourth-order valence-corrected chi connectivity index (χ4v) is 3.49. The van der Waals surface area contributed by atoms with Crippen molar-refractivity contribution in [3.8, 4) is 0 Å². The van der Waals surface area contributed by atoms with Crippen LogP contribution in [0.25, 0.3) is 0 Å². The van der Waals surface area contributed by atoms with Crippen LogP contribution < -0.4 is 5.32 Å². The summed E-state index contributed by atoms with van der Waals surface area (Å²) in [5.41, 5.74) is 0. The minimum absolute atomic E-state index is 0.326. The van der Waals surface area contributed by atoms with E-state index in [1.807, 2.05) is 24.3 Å². The van der Waals surface area contributed by atoms with E-state index >= 15 is 0 Å². The highest BCUT2D eigenvalue weighted by Gasteiger charge is 2.26. The zero-order chi connectivity index (χ0) is 10.7. The molecular formula is C11H14BrNOS. The quantitative estimate of drug-likeness (QED) is 0.848. The molecule has 1 aromatic carbocycles. The maximum Gasteiger partial charge on any atom is 0.153 e. The zero-order valence-electron chi connectivity index (χ0n) is 8.41. The summed E-state index contributed by atoms with van der Waals surface area (Å²) in [6, 6.07) is 7.80. The molecule has 0 saturated carbocycles. The van der Waals surface area contributed by atoms with Crippen LogP contribution in [0, 0.1) is 0 Å². The topological polar surface area (TPSA) is 35.1 Å². The van der Waals surface area contributed by atoms with Gasteiger partial charge in [0.2, 0.25) is 0 Å². The lowest BCUT2D eigenvalue weighted by Crippen LogP contribution is -2.35. The average Bonchev–Trinajstić information content (AvgIpc) is 2.30. The zero-order valence-corrected chi connectivity index (χ0v) is 10.8. The summed E-state index contributed by atoms with van der Waals surface area (Å²) in [5, 5.41) is 3.61. The van der Waals surface area contributed by atoms with Crippen molar-refractivity contribution in [3.63, 3.8) is 0 Å². The summed E-state index contributed by atoms with van der Waals surface area (Å²) in [7, 11) is 0. The standard InChI is InChI=1S/C11H14BrNOS/c12-9-1-3-10(4-2-9)15(14)11-5-7-13-8-6-11/h1-4,11,13H,5-8H2. The van der Waals surface area contributed by atoms with Gasteiger partial charge in [0.25, 0.3) is 0 Å². The van der Waals surface area contributed by atoms with Crippen molar-refractivity contribution in [2.75, 3.05) is 13.1 Å². The molecule has 0 aromatic heterocycles. The summed E-state index contributed by atoms with van der Waals surface area (Å²) < 4.78 is 13.2. The first-order chi connectivity index (χ1) is 7.27. The van der Waals surface area contributed by atoms with Gasteiger partial charge in [-0.2, -0.15) is 0 Å². The van der Waals surface area contributed by atoms with Gasteiger partial charge in [0.1, 0.15) is 5.25 Å². The van der Waals surface area contributed by atoms with E-state index in [2.05, 4.69) is 21.2 Å². The van der Waals surface area contributed by atoms with Gasteiger partial charge in [0.05, 0.1) is 0 Å². The molecule has 2 rings (SSSR count). The van der Waals surface area contributed by atoms with Gasteiger partial charge in [-0.1, -0.05) is 15.9 Å². The molecule has 0 aliphatic carbocycles. The molecule has 0 spiro atoms. The fourth-order valence-electron chi connectivity index (χ4n) is 1.77. The van der Waals surface area contributed by atoms with Crippen LogP contribution in [0.15, 0.2) is 33.6 Å². The molecule has 1 atom stereocenters. The summed E-state index contributed by atoms with van der Waals surface area (Å²) in [4.78, 5) is 0.949. The minimum Gasteiger partial charge on any atom is -0.611 e. The van der Waals surface area contributed by atoms with Crippen LogP contribution in [0.1, 0.15) is 12.8 Å². The summed E-state index contributed by atoms with van der Waals surface area (Å²) >= 11 is 2.54. The average molecular weight is 288 g/mol.